The number of hydrogen-bond donors (Lipinski definition) is 8. The maximum absolute atomic E-state index is 12.5. The highest BCUT2D eigenvalue weighted by molar-refractivity contribution is 8.00. The molecule has 0 saturated heterocycles. The number of carbonyl (C=O) groups excluding carboxylic acids is 5. The number of hydrogen-bond acceptors (Lipinski definition) is 21. The minimum atomic E-state index is 0. The van der Waals surface area contributed by atoms with Gasteiger partial charge < -0.3 is 34.4 Å². The summed E-state index contributed by atoms with van der Waals surface area (Å²) < 4.78 is 16.6. The number of aryl methyl sites for hydroxylation is 13. The number of benzene rings is 12. The third-order valence-corrected chi connectivity index (χ3v) is 26.4. The van der Waals surface area contributed by atoms with Gasteiger partial charge in [0.25, 0.3) is 0 Å². The van der Waals surface area contributed by atoms with E-state index in [0.29, 0.717) is 72.9 Å². The Morgan fingerprint density at radius 3 is 1.17 bits per heavy atom. The second kappa shape index (κ2) is 63.3. The fraction of sp³-hybridized carbons (Fsp3) is 0.294. The Labute approximate surface area is 859 Å². The maximum Gasteiger partial charge on any atom is 0.227 e. The molecule has 0 radical (unpaired) electrons. The molecule has 143 heavy (non-hydrogen) atoms. The van der Waals surface area contributed by atoms with Crippen LogP contribution in [0, 0.1) is 83.1 Å². The third kappa shape index (κ3) is 38.5. The lowest BCUT2D eigenvalue weighted by Crippen LogP contribution is -2.34. The number of nitrogens with zero attached hydrogens (tertiary/aromatic N) is 13. The average molecular weight is 2020 g/mol. The number of methoxy groups -OCH3 is 1. The van der Waals surface area contributed by atoms with Gasteiger partial charge in [0.1, 0.15) is 46.5 Å². The Hall–Kier alpha value is -14.5. The lowest BCUT2D eigenvalue weighted by atomic mass is 10.0. The fourth-order valence-corrected chi connectivity index (χ4v) is 16.9. The van der Waals surface area contributed by atoms with Crippen molar-refractivity contribution in [3.63, 3.8) is 0 Å². The van der Waals surface area contributed by atoms with Crippen molar-refractivity contribution in [2.24, 2.45) is 40.9 Å². The Balaban J connectivity index is 0.000000344. The van der Waals surface area contributed by atoms with Gasteiger partial charge in [-0.05, 0) is 389 Å². The van der Waals surface area contributed by atoms with Gasteiger partial charge in [0.15, 0.2) is 22.9 Å². The van der Waals surface area contributed by atoms with Crippen molar-refractivity contribution in [2.45, 2.75) is 198 Å². The van der Waals surface area contributed by atoms with Gasteiger partial charge in [0.05, 0.1) is 37.1 Å². The molecule has 0 aliphatic carbocycles. The molecule has 5 amide bonds. The summed E-state index contributed by atoms with van der Waals surface area (Å²) in [6.07, 6.45) is 6.14. The molecule has 0 saturated carbocycles. The predicted octanol–water partition coefficient (Wildman–Crippen LogP) is 17.4. The molecule has 0 bridgehead atoms. The summed E-state index contributed by atoms with van der Waals surface area (Å²) in [6, 6.07) is 70.9. The number of likely N-dealkylation sites (N-methyl/N-ethyl adjacent to an activating group) is 2. The van der Waals surface area contributed by atoms with Crippen LogP contribution in [0.1, 0.15) is 139 Å². The van der Waals surface area contributed by atoms with Gasteiger partial charge >= 0.3 is 0 Å². The van der Waals surface area contributed by atoms with E-state index in [2.05, 4.69) is 193 Å². The van der Waals surface area contributed by atoms with E-state index in [-0.39, 0.29) is 23.5 Å². The van der Waals surface area contributed by atoms with E-state index in [1.807, 2.05) is 190 Å². The van der Waals surface area contributed by atoms with Crippen LogP contribution in [-0.2, 0) is 36.8 Å². The molecule has 754 valence electrons. The van der Waals surface area contributed by atoms with E-state index >= 15 is 0 Å². The molecule has 0 heterocycles. The summed E-state index contributed by atoms with van der Waals surface area (Å²) in [4.78, 5) is 70.0. The summed E-state index contributed by atoms with van der Waals surface area (Å²) in [5, 5.41) is 30.4. The van der Waals surface area contributed by atoms with E-state index in [4.69, 9.17) is 70.1 Å². The largest absolute Gasteiger partial charge is 0.494 e. The third-order valence-electron chi connectivity index (χ3n) is 22.5. The van der Waals surface area contributed by atoms with E-state index in [0.717, 1.165) is 147 Å². The number of anilines is 4. The van der Waals surface area contributed by atoms with E-state index in [9.17, 15) is 24.0 Å². The highest BCUT2D eigenvalue weighted by Crippen LogP contribution is 2.41. The molecule has 1 atom stereocenters. The van der Waals surface area contributed by atoms with Crippen molar-refractivity contribution in [3.05, 3.63) is 301 Å². The summed E-state index contributed by atoms with van der Waals surface area (Å²) in [7, 11) is 7.53. The molecule has 12 rings (SSSR count). The first-order chi connectivity index (χ1) is 68.0. The van der Waals surface area contributed by atoms with Crippen LogP contribution in [0.4, 0.5) is 68.2 Å². The smallest absolute Gasteiger partial charge is 0.227 e. The highest BCUT2D eigenvalue weighted by Gasteiger charge is 2.20. The number of rotatable bonds is 37. The van der Waals surface area contributed by atoms with Gasteiger partial charge in [-0.25, -0.2) is 0 Å². The summed E-state index contributed by atoms with van der Waals surface area (Å²) >= 11 is 11.1. The molecule has 1 unspecified atom stereocenters. The summed E-state index contributed by atoms with van der Waals surface area (Å²) in [6.45, 7) is 39.1. The van der Waals surface area contributed by atoms with E-state index in [1.54, 1.807) is 59.6 Å². The van der Waals surface area contributed by atoms with Crippen LogP contribution >= 0.6 is 46.9 Å². The summed E-state index contributed by atoms with van der Waals surface area (Å²) in [5.41, 5.74) is 67.8. The standard InChI is InChI=1S/C20H25N3OS.C18H23N3O.C15H16N2S.C14H13ClN2S.C13H17N3O3.C11H16N2.C9H9N3O3.C9H13N3.H2O/c1-5-23(6-2)20(24)13-16-9-7-8-10-18(16)25-19-12-14(3)17(22-21)11-15(19)4;1-13-5-8-17(9-6-13)22-12-15(3)21(4)16-7-10-18(20-19)14(2)11-16;1-10-4-6-13(7-5-10)18-15-9-11(2)14(17-16)8-12(15)3;1-9-8-14(10(2)7-13(9)17-16)18-12-5-3-11(15)4-6-12;1-3-11(4-2)19-13-7-10(16(8-17)9-18)5-6-12(13)15-14;1-4-5-10-6-9(3)11(13-12)7-8(10)2;1-15-9-4-7(12(5-13)6-14)2-3-8(9)11-10;1-7-6-8(12(2)3)4-5-9(7)11-10;/h7-12,21H,5-6,13H2,1-4H3;5-11,15,19H,12H2,1-4H3;4-9,16H,1-3H3;3-8,16H,1-2H3;5-9,11,14H,3-4H2,1-2H3;6-7,12H,4-5H2,1-3H3;2-6,10H,1H3;4-6,10H,1-3H3;1H2/p+8. The van der Waals surface area contributed by atoms with Crippen LogP contribution < -0.4 is 78.1 Å². The topological polar surface area (TPSA) is 464 Å². The van der Waals surface area contributed by atoms with Crippen LogP contribution in [0.15, 0.2) is 289 Å². The quantitative estimate of drug-likeness (QED) is 0.0133. The Morgan fingerprint density at radius 1 is 0.392 bits per heavy atom. The second-order valence-electron chi connectivity index (χ2n) is 33.2. The van der Waals surface area contributed by atoms with Crippen LogP contribution in [0.5, 0.6) is 17.2 Å². The van der Waals surface area contributed by atoms with E-state index in [1.165, 1.54) is 84.3 Å². The van der Waals surface area contributed by atoms with Crippen molar-refractivity contribution < 1.29 is 87.9 Å². The number of ether oxygens (including phenoxy) is 3. The number of carbonyl (C=O) groups is 5. The monoisotopic (exact) mass is 2020 g/mol. The van der Waals surface area contributed by atoms with Crippen LogP contribution in [0.3, 0.4) is 0 Å². The first-order valence-electron chi connectivity index (χ1n) is 46.1. The minimum absolute atomic E-state index is 0. The second-order valence-corrected chi connectivity index (χ2v) is 37.0. The van der Waals surface area contributed by atoms with Crippen molar-refractivity contribution in [2.75, 3.05) is 67.5 Å². The zero-order valence-corrected chi connectivity index (χ0v) is 89.4. The Kier molecular flexibility index (Phi) is 53.5. The molecule has 12 aromatic carbocycles. The average Bonchev–Trinajstić information content (AvgIpc) is 0.826. The number of halogens is 1. The van der Waals surface area contributed by atoms with Crippen LogP contribution in [-0.4, -0.2) is 102 Å². The first-order valence-corrected chi connectivity index (χ1v) is 48.9. The molecular weight excluding hydrogens is 1880 g/mol. The number of imide groups is 2. The van der Waals surface area contributed by atoms with Crippen LogP contribution in [0.2, 0.25) is 5.02 Å². The van der Waals surface area contributed by atoms with Gasteiger partial charge in [-0.15, -0.1) is 0 Å². The van der Waals surface area contributed by atoms with Gasteiger partial charge in [0.2, 0.25) is 31.5 Å². The van der Waals surface area contributed by atoms with Gasteiger partial charge in [-0.2, -0.15) is 44.2 Å². The zero-order valence-electron chi connectivity index (χ0n) is 86.2. The number of amides is 5. The lowest BCUT2D eigenvalue weighted by Gasteiger charge is -2.27. The van der Waals surface area contributed by atoms with Crippen molar-refractivity contribution >= 4 is 147 Å². The fourth-order valence-electron chi connectivity index (χ4n) is 13.7. The number of nitrogens with two attached hydrogens (primary N) is 8. The van der Waals surface area contributed by atoms with Gasteiger partial charge in [-0.1, -0.05) is 134 Å². The lowest BCUT2D eigenvalue weighted by molar-refractivity contribution is -0.211. The molecule has 18 N–H and O–H groups in total. The van der Waals surface area contributed by atoms with Crippen molar-refractivity contribution in [3.8, 4) is 17.2 Å². The van der Waals surface area contributed by atoms with Gasteiger partial charge in [0, 0.05) is 92.1 Å². The molecule has 12 aromatic rings. The first kappa shape index (κ1) is 121. The molecule has 0 aromatic heterocycles. The Morgan fingerprint density at radius 2 is 0.762 bits per heavy atom. The maximum atomic E-state index is 12.5. The zero-order chi connectivity index (χ0) is 105. The molecule has 34 heteroatoms. The highest BCUT2D eigenvalue weighted by atomic mass is 35.5. The molecular formula is C109H142ClN21O9S3+8. The normalized spacial score (nSPS) is 10.3. The van der Waals surface area contributed by atoms with Crippen LogP contribution in [0.25, 0.3) is 0 Å². The molecule has 0 spiro atoms. The Bertz CT molecular complexity index is 6130. The minimum Gasteiger partial charge on any atom is -0.494 e. The predicted molar refractivity (Wildman–Crippen MR) is 571 cm³/mol. The van der Waals surface area contributed by atoms with Crippen molar-refractivity contribution in [1.29, 1.82) is 0 Å². The molecule has 0 aliphatic rings. The SMILES string of the molecule is CCC(CC)Oc1cc(N(C=O)C=O)ccc1N=[NH2+].CCCc1cc(C)c(N=[NH2+])cc1C.CCN(CC)C(=O)Cc1ccccc1Sc1cc(C)c(N=[NH2+])cc1C.COc1cc(N(C=O)C=O)ccc1N=[NH2+].Cc1cc(N(C)C)ccc1N=[NH2+].Cc1cc(Sc2ccc(Cl)cc2)c(C)cc1N=[NH2+].Cc1ccc(OCC(C)N(C)c2ccc(N=[NH2+])c(C)c2)cc1.Cc1ccc(Sc2cc(C)c(N=[NH2+])cc2C)cc1.O. The summed E-state index contributed by atoms with van der Waals surface area (Å²) in [5.74, 6) is 1.92. The molecule has 30 nitrogen and oxygen atoms in total. The van der Waals surface area contributed by atoms with E-state index < -0.39 is 0 Å². The van der Waals surface area contributed by atoms with Gasteiger partial charge in [-0.3, -0.25) is 33.8 Å². The molecule has 0 aliphatic heterocycles. The molecule has 0 fully saturated rings. The van der Waals surface area contributed by atoms with Crippen molar-refractivity contribution in [1.82, 2.24) is 4.90 Å².